The molecule has 8 nitrogen and oxygen atoms in total. The van der Waals surface area contributed by atoms with Gasteiger partial charge >= 0.3 is 0 Å². The van der Waals surface area contributed by atoms with Crippen LogP contribution in [0.3, 0.4) is 0 Å². The Kier molecular flexibility index (Phi) is 6.83. The van der Waals surface area contributed by atoms with Gasteiger partial charge in [0.1, 0.15) is 12.4 Å². The first-order valence-corrected chi connectivity index (χ1v) is 7.86. The fraction of sp³-hybridized carbons (Fsp3) is 0.0526. The van der Waals surface area contributed by atoms with Crippen LogP contribution < -0.4 is 15.6 Å². The molecule has 138 valence electrons. The Morgan fingerprint density at radius 3 is 2.33 bits per heavy atom. The van der Waals surface area contributed by atoms with Gasteiger partial charge in [-0.15, -0.1) is 0 Å². The zero-order chi connectivity index (χ0) is 19.6. The van der Waals surface area contributed by atoms with Gasteiger partial charge < -0.3 is 4.74 Å². The van der Waals surface area contributed by atoms with E-state index in [4.69, 9.17) is 4.74 Å². The van der Waals surface area contributed by atoms with Crippen molar-refractivity contribution in [2.24, 2.45) is 0 Å². The van der Waals surface area contributed by atoms with Crippen LogP contribution >= 0.6 is 0 Å². The van der Waals surface area contributed by atoms with E-state index < -0.39 is 16.7 Å². The number of hydrogen-bond donors (Lipinski definition) is 2. The minimum Gasteiger partial charge on any atom is -0.490 e. The fourth-order valence-corrected chi connectivity index (χ4v) is 1.97. The molecule has 0 radical (unpaired) electrons. The van der Waals surface area contributed by atoms with Gasteiger partial charge in [0.2, 0.25) is 0 Å². The molecule has 0 heterocycles. The summed E-state index contributed by atoms with van der Waals surface area (Å²) in [5, 5.41) is 10.6. The lowest BCUT2D eigenvalue weighted by atomic mass is 10.2. The summed E-state index contributed by atoms with van der Waals surface area (Å²) < 4.78 is 5.32. The van der Waals surface area contributed by atoms with E-state index in [9.17, 15) is 19.7 Å². The number of nitrogens with zero attached hydrogens (tertiary/aromatic N) is 1. The molecule has 0 unspecified atom stereocenters. The molecule has 0 spiro atoms. The van der Waals surface area contributed by atoms with Crippen LogP contribution in [0, 0.1) is 10.1 Å². The third-order valence-corrected chi connectivity index (χ3v) is 3.31. The second-order valence-electron chi connectivity index (χ2n) is 5.25. The van der Waals surface area contributed by atoms with Crippen molar-refractivity contribution in [1.29, 1.82) is 0 Å². The lowest BCUT2D eigenvalue weighted by Gasteiger charge is -2.07. The van der Waals surface area contributed by atoms with Crippen LogP contribution in [0.1, 0.15) is 15.9 Å². The van der Waals surface area contributed by atoms with Crippen molar-refractivity contribution in [3.8, 4) is 5.75 Å². The molecule has 0 aliphatic heterocycles. The van der Waals surface area contributed by atoms with Gasteiger partial charge in [-0.2, -0.15) is 0 Å². The molecule has 2 rings (SSSR count). The molecule has 0 atom stereocenters. The molecule has 0 saturated carbocycles. The first-order chi connectivity index (χ1) is 13.0. The SMILES string of the molecule is C=CCOc1ccc(C(=O)NNC(=O)/C=C/c2ccc([N+](=O)[O-])cc2)cc1. The lowest BCUT2D eigenvalue weighted by molar-refractivity contribution is -0.384. The molecule has 0 saturated heterocycles. The standard InChI is InChI=1S/C19H17N3O5/c1-2-13-27-17-10-6-15(7-11-17)19(24)21-20-18(23)12-5-14-3-8-16(9-4-14)22(25)26/h2-12H,1,13H2,(H,20,23)(H,21,24)/b12-5+. The number of carbonyl (C=O) groups excluding carboxylic acids is 2. The maximum atomic E-state index is 12.0. The minimum atomic E-state index is -0.548. The van der Waals surface area contributed by atoms with Gasteiger partial charge in [-0.05, 0) is 48.0 Å². The van der Waals surface area contributed by atoms with Crippen molar-refractivity contribution >= 4 is 23.6 Å². The Hall–Kier alpha value is -3.94. The highest BCUT2D eigenvalue weighted by molar-refractivity contribution is 5.98. The molecular formula is C19H17N3O5. The number of benzene rings is 2. The number of amides is 2. The average molecular weight is 367 g/mol. The van der Waals surface area contributed by atoms with Gasteiger partial charge in [-0.25, -0.2) is 0 Å². The quantitative estimate of drug-likeness (QED) is 0.338. The van der Waals surface area contributed by atoms with Gasteiger partial charge in [0.05, 0.1) is 4.92 Å². The Labute approximate surface area is 155 Å². The van der Waals surface area contributed by atoms with E-state index in [1.165, 1.54) is 36.4 Å². The van der Waals surface area contributed by atoms with Crippen LogP contribution in [-0.4, -0.2) is 23.3 Å². The second kappa shape index (κ2) is 9.52. The molecule has 8 heteroatoms. The summed E-state index contributed by atoms with van der Waals surface area (Å²) in [5.41, 5.74) is 5.46. The fourth-order valence-electron chi connectivity index (χ4n) is 1.97. The summed E-state index contributed by atoms with van der Waals surface area (Å²) in [6, 6.07) is 12.1. The Bertz CT molecular complexity index is 858. The van der Waals surface area contributed by atoms with E-state index in [1.54, 1.807) is 30.3 Å². The maximum absolute atomic E-state index is 12.0. The van der Waals surface area contributed by atoms with Gasteiger partial charge in [0, 0.05) is 23.8 Å². The summed E-state index contributed by atoms with van der Waals surface area (Å²) in [5.74, 6) is -0.434. The number of ether oxygens (including phenoxy) is 1. The van der Waals surface area contributed by atoms with Crippen molar-refractivity contribution < 1.29 is 19.2 Å². The van der Waals surface area contributed by atoms with Gasteiger partial charge in [0.15, 0.2) is 0 Å². The smallest absolute Gasteiger partial charge is 0.269 e. The minimum absolute atomic E-state index is 0.0372. The third kappa shape index (κ3) is 6.13. The van der Waals surface area contributed by atoms with E-state index in [2.05, 4.69) is 17.4 Å². The highest BCUT2D eigenvalue weighted by atomic mass is 16.6. The predicted molar refractivity (Wildman–Crippen MR) is 99.9 cm³/mol. The van der Waals surface area contributed by atoms with Crippen LogP contribution in [0.25, 0.3) is 6.08 Å². The topological polar surface area (TPSA) is 111 Å². The number of nitrogens with one attached hydrogen (secondary N) is 2. The molecule has 2 aromatic carbocycles. The number of nitro benzene ring substituents is 1. The normalized spacial score (nSPS) is 10.2. The third-order valence-electron chi connectivity index (χ3n) is 3.31. The molecule has 2 N–H and O–H groups in total. The summed E-state index contributed by atoms with van der Waals surface area (Å²) in [6.45, 7) is 3.91. The van der Waals surface area contributed by atoms with E-state index in [1.807, 2.05) is 0 Å². The maximum Gasteiger partial charge on any atom is 0.269 e. The zero-order valence-electron chi connectivity index (χ0n) is 14.3. The molecule has 0 aliphatic carbocycles. The molecule has 2 amide bonds. The van der Waals surface area contributed by atoms with Crippen LogP contribution in [0.2, 0.25) is 0 Å². The molecule has 0 aliphatic rings. The number of hydrazine groups is 1. The molecule has 0 fully saturated rings. The van der Waals surface area contributed by atoms with Gasteiger partial charge in [-0.3, -0.25) is 30.6 Å². The van der Waals surface area contributed by atoms with Crippen LogP contribution in [0.15, 0.2) is 67.3 Å². The van der Waals surface area contributed by atoms with Crippen molar-refractivity contribution in [1.82, 2.24) is 10.9 Å². The summed E-state index contributed by atoms with van der Waals surface area (Å²) in [7, 11) is 0. The first-order valence-electron chi connectivity index (χ1n) is 7.86. The van der Waals surface area contributed by atoms with Crippen molar-refractivity contribution in [2.45, 2.75) is 0 Å². The monoisotopic (exact) mass is 367 g/mol. The Balaban J connectivity index is 1.84. The number of rotatable bonds is 7. The van der Waals surface area contributed by atoms with Crippen LogP contribution in [-0.2, 0) is 4.79 Å². The molecule has 0 aromatic heterocycles. The number of carbonyl (C=O) groups is 2. The summed E-state index contributed by atoms with van der Waals surface area (Å²) in [4.78, 5) is 33.8. The van der Waals surface area contributed by atoms with Crippen molar-refractivity contribution in [2.75, 3.05) is 6.61 Å². The summed E-state index contributed by atoms with van der Waals surface area (Å²) in [6.07, 6.45) is 4.28. The number of non-ortho nitro benzene ring substituents is 1. The predicted octanol–water partition coefficient (Wildman–Crippen LogP) is 2.63. The van der Waals surface area contributed by atoms with E-state index in [0.717, 1.165) is 0 Å². The van der Waals surface area contributed by atoms with Crippen molar-refractivity contribution in [3.63, 3.8) is 0 Å². The summed E-state index contributed by atoms with van der Waals surface area (Å²) >= 11 is 0. The first kappa shape index (κ1) is 19.4. The second-order valence-corrected chi connectivity index (χ2v) is 5.25. The van der Waals surface area contributed by atoms with Crippen LogP contribution in [0.5, 0.6) is 5.75 Å². The van der Waals surface area contributed by atoms with E-state index in [0.29, 0.717) is 23.5 Å². The molecule has 2 aromatic rings. The molecule has 27 heavy (non-hydrogen) atoms. The Morgan fingerprint density at radius 1 is 1.07 bits per heavy atom. The molecule has 0 bridgehead atoms. The number of nitro groups is 1. The average Bonchev–Trinajstić information content (AvgIpc) is 2.69. The van der Waals surface area contributed by atoms with Gasteiger partial charge in [0.25, 0.3) is 17.5 Å². The van der Waals surface area contributed by atoms with Gasteiger partial charge in [-0.1, -0.05) is 12.7 Å². The van der Waals surface area contributed by atoms with Crippen LogP contribution in [0.4, 0.5) is 5.69 Å². The molecular weight excluding hydrogens is 350 g/mol. The van der Waals surface area contributed by atoms with Crippen molar-refractivity contribution in [3.05, 3.63) is 88.5 Å². The lowest BCUT2D eigenvalue weighted by Crippen LogP contribution is -2.40. The van der Waals surface area contributed by atoms with E-state index >= 15 is 0 Å². The highest BCUT2D eigenvalue weighted by Crippen LogP contribution is 2.13. The zero-order valence-corrected chi connectivity index (χ0v) is 14.3. The number of hydrogen-bond acceptors (Lipinski definition) is 5. The Morgan fingerprint density at radius 2 is 1.74 bits per heavy atom. The largest absolute Gasteiger partial charge is 0.490 e. The van der Waals surface area contributed by atoms with E-state index in [-0.39, 0.29) is 5.69 Å². The highest BCUT2D eigenvalue weighted by Gasteiger charge is 2.06.